The largest absolute Gasteiger partial charge is 0.484 e. The molecule has 29 heavy (non-hydrogen) atoms. The Morgan fingerprint density at radius 3 is 2.41 bits per heavy atom. The minimum Gasteiger partial charge on any atom is -0.484 e. The van der Waals surface area contributed by atoms with Gasteiger partial charge in [0.15, 0.2) is 6.61 Å². The van der Waals surface area contributed by atoms with Gasteiger partial charge in [0.1, 0.15) is 11.4 Å². The first-order valence-corrected chi connectivity index (χ1v) is 9.66. The van der Waals surface area contributed by atoms with Crippen molar-refractivity contribution in [3.05, 3.63) is 75.7 Å². The van der Waals surface area contributed by atoms with Crippen LogP contribution in [-0.2, 0) is 11.8 Å². The number of aryl methyl sites for hydroxylation is 1. The molecule has 0 atom stereocenters. The van der Waals surface area contributed by atoms with Crippen molar-refractivity contribution in [3.63, 3.8) is 0 Å². The Morgan fingerprint density at radius 1 is 1.10 bits per heavy atom. The van der Waals surface area contributed by atoms with E-state index in [-0.39, 0.29) is 23.8 Å². The summed E-state index contributed by atoms with van der Waals surface area (Å²) >= 11 is 0. The van der Waals surface area contributed by atoms with Crippen LogP contribution >= 0.6 is 0 Å². The number of benzene rings is 2. The Labute approximate surface area is 170 Å². The molecule has 1 heterocycles. The number of aromatic nitrogens is 2. The van der Waals surface area contributed by atoms with Gasteiger partial charge in [-0.15, -0.1) is 0 Å². The molecule has 152 valence electrons. The van der Waals surface area contributed by atoms with Gasteiger partial charge in [-0.05, 0) is 55.2 Å². The molecule has 0 spiro atoms. The summed E-state index contributed by atoms with van der Waals surface area (Å²) in [5.41, 5.74) is 3.77. The van der Waals surface area contributed by atoms with Gasteiger partial charge in [0.25, 0.3) is 11.5 Å². The van der Waals surface area contributed by atoms with E-state index in [0.29, 0.717) is 17.4 Å². The van der Waals surface area contributed by atoms with Crippen molar-refractivity contribution < 1.29 is 9.53 Å². The van der Waals surface area contributed by atoms with E-state index in [4.69, 9.17) is 4.74 Å². The monoisotopic (exact) mass is 393 g/mol. The second-order valence-electron chi connectivity index (χ2n) is 7.45. The highest BCUT2D eigenvalue weighted by atomic mass is 16.5. The molecule has 2 aromatic carbocycles. The zero-order valence-corrected chi connectivity index (χ0v) is 17.5. The molecule has 0 bridgehead atoms. The van der Waals surface area contributed by atoms with Crippen LogP contribution in [-0.4, -0.2) is 21.9 Å². The molecule has 1 aromatic heterocycles. The second kappa shape index (κ2) is 8.39. The zero-order chi connectivity index (χ0) is 21.1. The highest BCUT2D eigenvalue weighted by Crippen LogP contribution is 2.23. The lowest BCUT2D eigenvalue weighted by Gasteiger charge is -2.12. The van der Waals surface area contributed by atoms with E-state index in [1.54, 1.807) is 18.7 Å². The number of ether oxygens (including phenoxy) is 1. The number of amides is 1. The van der Waals surface area contributed by atoms with Gasteiger partial charge in [-0.2, -0.15) is 0 Å². The fourth-order valence-electron chi connectivity index (χ4n) is 3.42. The molecule has 6 heteroatoms. The van der Waals surface area contributed by atoms with Gasteiger partial charge in [0.2, 0.25) is 0 Å². The molecule has 0 saturated heterocycles. The average molecular weight is 393 g/mol. The van der Waals surface area contributed by atoms with Crippen molar-refractivity contribution in [2.24, 2.45) is 7.05 Å². The van der Waals surface area contributed by atoms with E-state index in [0.717, 1.165) is 11.3 Å². The van der Waals surface area contributed by atoms with Crippen molar-refractivity contribution in [3.8, 4) is 11.4 Å². The number of rotatable bonds is 6. The molecule has 3 aromatic rings. The van der Waals surface area contributed by atoms with Gasteiger partial charge >= 0.3 is 0 Å². The van der Waals surface area contributed by atoms with Crippen LogP contribution in [0.25, 0.3) is 5.69 Å². The third-order valence-corrected chi connectivity index (χ3v) is 5.05. The van der Waals surface area contributed by atoms with Crippen LogP contribution in [0.5, 0.6) is 5.75 Å². The summed E-state index contributed by atoms with van der Waals surface area (Å²) in [6.07, 6.45) is 0. The van der Waals surface area contributed by atoms with Crippen LogP contribution in [0.4, 0.5) is 5.69 Å². The van der Waals surface area contributed by atoms with Gasteiger partial charge in [0.05, 0.1) is 11.4 Å². The van der Waals surface area contributed by atoms with Crippen molar-refractivity contribution in [1.29, 1.82) is 0 Å². The van der Waals surface area contributed by atoms with Crippen LogP contribution in [0.15, 0.2) is 53.3 Å². The van der Waals surface area contributed by atoms with Crippen LogP contribution in [0.1, 0.15) is 36.6 Å². The molecule has 0 aliphatic rings. The molecular formula is C23H27N3O3. The molecule has 0 fully saturated rings. The van der Waals surface area contributed by atoms with Crippen molar-refractivity contribution in [1.82, 2.24) is 9.36 Å². The third kappa shape index (κ3) is 4.26. The number of anilines is 1. The number of hydrogen-bond acceptors (Lipinski definition) is 3. The number of hydrogen-bond donors (Lipinski definition) is 1. The van der Waals surface area contributed by atoms with Crippen molar-refractivity contribution in [2.45, 2.75) is 33.6 Å². The summed E-state index contributed by atoms with van der Waals surface area (Å²) in [6.45, 7) is 7.94. The van der Waals surface area contributed by atoms with Crippen LogP contribution < -0.4 is 15.6 Å². The lowest BCUT2D eigenvalue weighted by Crippen LogP contribution is -2.25. The molecule has 1 N–H and O–H groups in total. The minimum absolute atomic E-state index is 0.167. The second-order valence-corrected chi connectivity index (χ2v) is 7.45. The smallest absolute Gasteiger partial charge is 0.295 e. The summed E-state index contributed by atoms with van der Waals surface area (Å²) in [5.74, 6) is 0.690. The van der Waals surface area contributed by atoms with E-state index in [1.165, 1.54) is 10.2 Å². The number of nitrogens with one attached hydrogen (secondary N) is 1. The minimum atomic E-state index is -0.374. The lowest BCUT2D eigenvalue weighted by atomic mass is 9.98. The normalized spacial score (nSPS) is 11.0. The number of carbonyl (C=O) groups excluding carboxylic acids is 1. The molecule has 3 rings (SSSR count). The SMILES string of the molecule is Cc1cc(OCC(=O)Nc2c(C)n(C)n(-c3ccccc3)c2=O)ccc1C(C)C. The number of nitrogens with zero attached hydrogens (tertiary/aromatic N) is 2. The zero-order valence-electron chi connectivity index (χ0n) is 17.5. The highest BCUT2D eigenvalue weighted by molar-refractivity contribution is 5.92. The molecule has 0 radical (unpaired) electrons. The van der Waals surface area contributed by atoms with Gasteiger partial charge in [0, 0.05) is 7.05 Å². The van der Waals surface area contributed by atoms with Crippen molar-refractivity contribution >= 4 is 11.6 Å². The van der Waals surface area contributed by atoms with Crippen LogP contribution in [0.2, 0.25) is 0 Å². The number of para-hydroxylation sites is 1. The predicted octanol–water partition coefficient (Wildman–Crippen LogP) is 3.93. The maximum atomic E-state index is 12.9. The Bertz CT molecular complexity index is 1080. The third-order valence-electron chi connectivity index (χ3n) is 5.05. The molecule has 0 aliphatic carbocycles. The fraction of sp³-hybridized carbons (Fsp3) is 0.304. The van der Waals surface area contributed by atoms with E-state index in [2.05, 4.69) is 19.2 Å². The Hall–Kier alpha value is -3.28. The highest BCUT2D eigenvalue weighted by Gasteiger charge is 2.18. The molecule has 6 nitrogen and oxygen atoms in total. The molecule has 0 aliphatic heterocycles. The Balaban J connectivity index is 1.73. The van der Waals surface area contributed by atoms with Gasteiger partial charge in [-0.3, -0.25) is 14.3 Å². The maximum Gasteiger partial charge on any atom is 0.295 e. The van der Waals surface area contributed by atoms with E-state index < -0.39 is 0 Å². The van der Waals surface area contributed by atoms with Gasteiger partial charge in [-0.1, -0.05) is 38.1 Å². The number of carbonyl (C=O) groups is 1. The first-order valence-electron chi connectivity index (χ1n) is 9.66. The van der Waals surface area contributed by atoms with E-state index >= 15 is 0 Å². The van der Waals surface area contributed by atoms with Crippen LogP contribution in [0.3, 0.4) is 0 Å². The van der Waals surface area contributed by atoms with Crippen molar-refractivity contribution in [2.75, 3.05) is 11.9 Å². The van der Waals surface area contributed by atoms with Gasteiger partial charge < -0.3 is 10.1 Å². The Kier molecular flexibility index (Phi) is 5.92. The standard InChI is InChI=1S/C23H27N3O3/c1-15(2)20-12-11-19(13-16(20)3)29-14-21(27)24-22-17(4)25(5)26(23(22)28)18-9-7-6-8-10-18/h6-13,15H,14H2,1-5H3,(H,24,27). The molecule has 1 amide bonds. The predicted molar refractivity (Wildman–Crippen MR) is 115 cm³/mol. The molecule has 0 saturated carbocycles. The Morgan fingerprint density at radius 2 is 1.79 bits per heavy atom. The summed E-state index contributed by atoms with van der Waals surface area (Å²) in [7, 11) is 1.79. The van der Waals surface area contributed by atoms with Gasteiger partial charge in [-0.25, -0.2) is 4.68 Å². The summed E-state index contributed by atoms with van der Waals surface area (Å²) in [6, 6.07) is 15.1. The molecular weight excluding hydrogens is 366 g/mol. The topological polar surface area (TPSA) is 65.3 Å². The summed E-state index contributed by atoms with van der Waals surface area (Å²) in [5, 5.41) is 2.71. The maximum absolute atomic E-state index is 12.9. The first-order chi connectivity index (χ1) is 13.8. The van der Waals surface area contributed by atoms with Crippen LogP contribution in [0, 0.1) is 13.8 Å². The van der Waals surface area contributed by atoms with E-state index in [1.807, 2.05) is 55.5 Å². The lowest BCUT2D eigenvalue weighted by molar-refractivity contribution is -0.118. The summed E-state index contributed by atoms with van der Waals surface area (Å²) in [4.78, 5) is 25.3. The molecule has 0 unspecified atom stereocenters. The average Bonchev–Trinajstić information content (AvgIpc) is 2.90. The van der Waals surface area contributed by atoms with E-state index in [9.17, 15) is 9.59 Å². The quantitative estimate of drug-likeness (QED) is 0.690. The summed E-state index contributed by atoms with van der Waals surface area (Å²) < 4.78 is 8.88. The fourth-order valence-corrected chi connectivity index (χ4v) is 3.42. The first kappa shape index (κ1) is 20.5.